The van der Waals surface area contributed by atoms with Crippen molar-refractivity contribution >= 4 is 44.6 Å². The summed E-state index contributed by atoms with van der Waals surface area (Å²) in [4.78, 5) is 60.2. The van der Waals surface area contributed by atoms with E-state index < -0.39 is 91.5 Å². The number of aromatic nitrogens is 1. The predicted molar refractivity (Wildman–Crippen MR) is 183 cm³/mol. The minimum Gasteiger partial charge on any atom is -0.472 e. The molecule has 1 saturated heterocycles. The highest BCUT2D eigenvalue weighted by Crippen LogP contribution is 2.46. The molecule has 284 valence electrons. The number of pyridine rings is 1. The third-order valence-corrected chi connectivity index (χ3v) is 11.0. The first kappa shape index (κ1) is 38.8. The molecule has 3 aliphatic rings. The zero-order valence-electron chi connectivity index (χ0n) is 29.8. The van der Waals surface area contributed by atoms with Crippen LogP contribution in [0.5, 0.6) is 5.88 Å². The number of fused-ring (bicyclic) bond motifs is 1. The van der Waals surface area contributed by atoms with Gasteiger partial charge in [0.05, 0.1) is 17.4 Å². The van der Waals surface area contributed by atoms with Gasteiger partial charge in [0.2, 0.25) is 27.7 Å². The van der Waals surface area contributed by atoms with E-state index in [0.29, 0.717) is 12.8 Å². The SMILES string of the molecule is C=C[C@@H]1C[C@]1(NC(=O)[C@@H]1C[C@@H](Oc2nccc3c(C(F)(F)F)cccc23)CN1C(=O)[C@@H](NC(=O)OC(C)(C)C)C(C)(C)C)C(=O)NS(=O)(=O)C1CC1. The summed E-state index contributed by atoms with van der Waals surface area (Å²) < 4.78 is 80.3. The highest BCUT2D eigenvalue weighted by molar-refractivity contribution is 7.91. The van der Waals surface area contributed by atoms with Crippen LogP contribution in [0.1, 0.15) is 72.8 Å². The number of nitrogens with zero attached hydrogens (tertiary/aromatic N) is 2. The number of rotatable bonds is 10. The molecule has 17 heteroatoms. The summed E-state index contributed by atoms with van der Waals surface area (Å²) in [5, 5.41) is 4.48. The van der Waals surface area contributed by atoms with Crippen molar-refractivity contribution in [2.24, 2.45) is 11.3 Å². The number of hydrogen-bond acceptors (Lipinski definition) is 9. The molecule has 5 atom stereocenters. The first-order valence-corrected chi connectivity index (χ1v) is 18.4. The van der Waals surface area contributed by atoms with Crippen LogP contribution in [-0.2, 0) is 35.3 Å². The van der Waals surface area contributed by atoms with E-state index >= 15 is 0 Å². The molecule has 2 heterocycles. The summed E-state index contributed by atoms with van der Waals surface area (Å²) in [5.74, 6) is -3.20. The fourth-order valence-electron chi connectivity index (χ4n) is 6.31. The summed E-state index contributed by atoms with van der Waals surface area (Å²) in [5.41, 5.74) is -4.36. The molecule has 3 N–H and O–H groups in total. The van der Waals surface area contributed by atoms with E-state index in [-0.39, 0.29) is 36.0 Å². The second-order valence-corrected chi connectivity index (χ2v) is 17.6. The summed E-state index contributed by atoms with van der Waals surface area (Å²) in [7, 11) is -3.97. The zero-order chi connectivity index (χ0) is 38.6. The van der Waals surface area contributed by atoms with Crippen molar-refractivity contribution in [2.45, 2.75) is 108 Å². The number of likely N-dealkylation sites (tertiary alicyclic amines) is 1. The standard InChI is InChI=1S/C35H44F3N5O8S/c1-8-19-17-34(19,30(46)42-52(48,49)21-12-13-21)41-27(44)25-16-20(50-28-23-10-9-11-24(35(36,37)38)22(23)14-15-39-28)18-43(25)29(45)26(32(2,3)4)40-31(47)51-33(5,6)7/h8-11,14-15,19-21,25-26H,1,12-13,16-18H2,2-7H3,(H,40,47)(H,41,44)(H,42,46)/t19-,20-,25+,26-,34-/m1/s1. The van der Waals surface area contributed by atoms with Crippen LogP contribution in [0.25, 0.3) is 10.8 Å². The van der Waals surface area contributed by atoms with Gasteiger partial charge in [-0.05, 0) is 63.6 Å². The number of amides is 4. The lowest BCUT2D eigenvalue weighted by Gasteiger charge is -2.36. The number of hydrogen-bond donors (Lipinski definition) is 3. The van der Waals surface area contributed by atoms with Crippen LogP contribution in [-0.4, -0.2) is 83.2 Å². The van der Waals surface area contributed by atoms with Crippen molar-refractivity contribution in [1.82, 2.24) is 25.2 Å². The molecule has 3 fully saturated rings. The molecule has 5 rings (SSSR count). The topological polar surface area (TPSA) is 173 Å². The molecule has 1 aliphatic heterocycles. The van der Waals surface area contributed by atoms with Crippen LogP contribution in [0.4, 0.5) is 18.0 Å². The average Bonchev–Trinajstić information content (AvgIpc) is 3.94. The maximum Gasteiger partial charge on any atom is 0.417 e. The Morgan fingerprint density at radius 3 is 2.29 bits per heavy atom. The molecule has 4 amide bonds. The normalized spacial score (nSPS) is 24.1. The second kappa shape index (κ2) is 13.5. The summed E-state index contributed by atoms with van der Waals surface area (Å²) in [6.45, 7) is 13.5. The number of nitrogens with one attached hydrogen (secondary N) is 3. The van der Waals surface area contributed by atoms with E-state index in [2.05, 4.69) is 26.9 Å². The number of halogens is 3. The highest BCUT2D eigenvalue weighted by atomic mass is 32.2. The van der Waals surface area contributed by atoms with Gasteiger partial charge in [-0.25, -0.2) is 18.2 Å². The van der Waals surface area contributed by atoms with E-state index in [4.69, 9.17) is 9.47 Å². The summed E-state index contributed by atoms with van der Waals surface area (Å²) in [6.07, 6.45) is -3.25. The van der Waals surface area contributed by atoms with E-state index in [1.165, 1.54) is 29.2 Å². The number of benzene rings is 1. The molecule has 2 aliphatic carbocycles. The maximum absolute atomic E-state index is 14.4. The lowest BCUT2D eigenvalue weighted by Crippen LogP contribution is -2.60. The van der Waals surface area contributed by atoms with Crippen LogP contribution in [0, 0.1) is 11.3 Å². The number of carbonyl (C=O) groups excluding carboxylic acids is 4. The average molecular weight is 752 g/mol. The molecular formula is C35H44F3N5O8S. The lowest BCUT2D eigenvalue weighted by atomic mass is 9.85. The van der Waals surface area contributed by atoms with Crippen molar-refractivity contribution in [1.29, 1.82) is 0 Å². The fourth-order valence-corrected chi connectivity index (χ4v) is 7.68. The molecule has 0 spiro atoms. The van der Waals surface area contributed by atoms with Gasteiger partial charge in [0, 0.05) is 29.3 Å². The Balaban J connectivity index is 1.47. The maximum atomic E-state index is 14.4. The van der Waals surface area contributed by atoms with Crippen LogP contribution in [0.3, 0.4) is 0 Å². The minimum atomic E-state index is -4.66. The van der Waals surface area contributed by atoms with E-state index in [0.717, 1.165) is 12.3 Å². The van der Waals surface area contributed by atoms with Gasteiger partial charge in [-0.2, -0.15) is 13.2 Å². The largest absolute Gasteiger partial charge is 0.472 e. The summed E-state index contributed by atoms with van der Waals surface area (Å²) >= 11 is 0. The van der Waals surface area contributed by atoms with E-state index in [9.17, 15) is 40.8 Å². The Morgan fingerprint density at radius 1 is 1.06 bits per heavy atom. The first-order chi connectivity index (χ1) is 24.0. The Morgan fingerprint density at radius 2 is 1.73 bits per heavy atom. The van der Waals surface area contributed by atoms with Crippen LogP contribution < -0.4 is 20.1 Å². The van der Waals surface area contributed by atoms with Gasteiger partial charge in [-0.3, -0.25) is 19.1 Å². The fraction of sp³-hybridized carbons (Fsp3) is 0.571. The van der Waals surface area contributed by atoms with Gasteiger partial charge >= 0.3 is 12.3 Å². The van der Waals surface area contributed by atoms with Crippen LogP contribution in [0.15, 0.2) is 43.1 Å². The monoisotopic (exact) mass is 751 g/mol. The van der Waals surface area contributed by atoms with Gasteiger partial charge in [0.1, 0.15) is 29.3 Å². The molecule has 2 saturated carbocycles. The van der Waals surface area contributed by atoms with Gasteiger partial charge < -0.3 is 25.0 Å². The van der Waals surface area contributed by atoms with Crippen molar-refractivity contribution < 1.29 is 50.2 Å². The molecular weight excluding hydrogens is 707 g/mol. The van der Waals surface area contributed by atoms with Crippen molar-refractivity contribution in [3.63, 3.8) is 0 Å². The Kier molecular flexibility index (Phi) is 10.1. The number of carbonyl (C=O) groups is 4. The number of ether oxygens (including phenoxy) is 2. The molecule has 1 aromatic heterocycles. The van der Waals surface area contributed by atoms with Crippen molar-refractivity contribution in [3.8, 4) is 5.88 Å². The Hall–Kier alpha value is -4.41. The highest BCUT2D eigenvalue weighted by Gasteiger charge is 2.62. The Labute approximate surface area is 300 Å². The number of sulfonamides is 1. The van der Waals surface area contributed by atoms with E-state index in [1.807, 2.05) is 0 Å². The number of alkyl halides is 3. The van der Waals surface area contributed by atoms with E-state index in [1.54, 1.807) is 41.5 Å². The first-order valence-electron chi connectivity index (χ1n) is 16.9. The Bertz CT molecular complexity index is 1890. The number of alkyl carbamates (subject to hydrolysis) is 1. The molecule has 2 aromatic rings. The third kappa shape index (κ3) is 8.29. The van der Waals surface area contributed by atoms with Crippen LogP contribution in [0.2, 0.25) is 0 Å². The smallest absolute Gasteiger partial charge is 0.417 e. The quantitative estimate of drug-likeness (QED) is 0.301. The molecule has 13 nitrogen and oxygen atoms in total. The molecule has 0 radical (unpaired) electrons. The van der Waals surface area contributed by atoms with Crippen LogP contribution >= 0.6 is 0 Å². The zero-order valence-corrected chi connectivity index (χ0v) is 30.6. The van der Waals surface area contributed by atoms with Gasteiger partial charge in [0.15, 0.2) is 0 Å². The lowest BCUT2D eigenvalue weighted by molar-refractivity contribution is -0.143. The second-order valence-electron chi connectivity index (χ2n) is 15.6. The third-order valence-electron chi connectivity index (χ3n) is 9.22. The molecule has 1 aromatic carbocycles. The van der Waals surface area contributed by atoms with Gasteiger partial charge in [-0.15, -0.1) is 6.58 Å². The minimum absolute atomic E-state index is 0.0567. The molecule has 0 bridgehead atoms. The van der Waals surface area contributed by atoms with Gasteiger partial charge in [-0.1, -0.05) is 32.9 Å². The molecule has 52 heavy (non-hydrogen) atoms. The predicted octanol–water partition coefficient (Wildman–Crippen LogP) is 4.21. The van der Waals surface area contributed by atoms with Gasteiger partial charge in [0.25, 0.3) is 5.91 Å². The van der Waals surface area contributed by atoms with Crippen molar-refractivity contribution in [2.75, 3.05) is 6.54 Å². The van der Waals surface area contributed by atoms with Crippen molar-refractivity contribution in [3.05, 3.63) is 48.7 Å². The molecule has 0 unspecified atom stereocenters. The summed E-state index contributed by atoms with van der Waals surface area (Å²) in [6, 6.07) is 2.22.